The molecular weight excluding hydrogens is 212 g/mol. The molecule has 0 radical (unpaired) electrons. The molecular formula is C10H7ClN4. The Labute approximate surface area is 91.8 Å². The molecule has 0 atom stereocenters. The maximum Gasteiger partial charge on any atom is 0.178 e. The van der Waals surface area contributed by atoms with Crippen LogP contribution < -0.4 is 0 Å². The van der Waals surface area contributed by atoms with Crippen LogP contribution in [0.3, 0.4) is 0 Å². The average Bonchev–Trinajstić information content (AvgIpc) is 2.57. The van der Waals surface area contributed by atoms with E-state index in [0.717, 1.165) is 5.56 Å². The maximum atomic E-state index is 8.78. The van der Waals surface area contributed by atoms with Crippen LogP contribution in [0, 0.1) is 11.3 Å². The fourth-order valence-corrected chi connectivity index (χ4v) is 1.47. The zero-order valence-corrected chi connectivity index (χ0v) is 8.73. The molecule has 0 unspecified atom stereocenters. The Bertz CT molecular complexity index is 524. The van der Waals surface area contributed by atoms with Gasteiger partial charge in [0.15, 0.2) is 5.69 Å². The van der Waals surface area contributed by atoms with E-state index >= 15 is 0 Å². The molecule has 0 fully saturated rings. The molecule has 2 aromatic rings. The quantitative estimate of drug-likeness (QED) is 0.736. The van der Waals surface area contributed by atoms with Crippen molar-refractivity contribution in [2.75, 3.05) is 0 Å². The molecule has 0 N–H and O–H groups in total. The fraction of sp³-hybridized carbons (Fsp3) is 0.100. The maximum absolute atomic E-state index is 8.78. The number of aromatic nitrogens is 3. The van der Waals surface area contributed by atoms with E-state index in [9.17, 15) is 0 Å². The van der Waals surface area contributed by atoms with Gasteiger partial charge in [-0.25, -0.2) is 4.98 Å². The van der Waals surface area contributed by atoms with Crippen LogP contribution in [0.1, 0.15) is 5.69 Å². The predicted octanol–water partition coefficient (Wildman–Crippen LogP) is 2.01. The van der Waals surface area contributed by atoms with Crippen molar-refractivity contribution >= 4 is 11.6 Å². The number of hydrogen-bond donors (Lipinski definition) is 0. The summed E-state index contributed by atoms with van der Waals surface area (Å²) in [5.74, 6) is 0.643. The highest BCUT2D eigenvalue weighted by atomic mass is 35.5. The second-order valence-electron chi connectivity index (χ2n) is 2.99. The summed E-state index contributed by atoms with van der Waals surface area (Å²) in [7, 11) is 1.76. The van der Waals surface area contributed by atoms with E-state index in [-0.39, 0.29) is 5.69 Å². The molecule has 15 heavy (non-hydrogen) atoms. The third-order valence-electron chi connectivity index (χ3n) is 2.05. The highest BCUT2D eigenvalue weighted by molar-refractivity contribution is 6.30. The summed E-state index contributed by atoms with van der Waals surface area (Å²) >= 11 is 5.92. The molecule has 0 aliphatic carbocycles. The van der Waals surface area contributed by atoms with Gasteiger partial charge in [-0.2, -0.15) is 5.26 Å². The molecule has 2 aromatic heterocycles. The molecule has 0 bridgehead atoms. The third kappa shape index (κ3) is 1.58. The van der Waals surface area contributed by atoms with Crippen LogP contribution >= 0.6 is 11.6 Å². The van der Waals surface area contributed by atoms with Crippen molar-refractivity contribution in [3.05, 3.63) is 35.4 Å². The largest absolute Gasteiger partial charge is 0.317 e. The molecule has 2 rings (SSSR count). The predicted molar refractivity (Wildman–Crippen MR) is 56.2 cm³/mol. The number of halogens is 1. The average molecular weight is 219 g/mol. The van der Waals surface area contributed by atoms with Crippen LogP contribution in [0.2, 0.25) is 5.15 Å². The molecule has 5 heteroatoms. The van der Waals surface area contributed by atoms with Gasteiger partial charge in [-0.15, -0.1) is 0 Å². The first kappa shape index (κ1) is 9.69. The van der Waals surface area contributed by atoms with Gasteiger partial charge in [0.25, 0.3) is 0 Å². The second kappa shape index (κ2) is 3.71. The van der Waals surface area contributed by atoms with Gasteiger partial charge in [-0.1, -0.05) is 11.6 Å². The summed E-state index contributed by atoms with van der Waals surface area (Å²) in [6.07, 6.45) is 3.36. The summed E-state index contributed by atoms with van der Waals surface area (Å²) in [5, 5.41) is 9.12. The summed E-state index contributed by atoms with van der Waals surface area (Å²) in [4.78, 5) is 8.12. The Hall–Kier alpha value is -1.86. The smallest absolute Gasteiger partial charge is 0.178 e. The summed E-state index contributed by atoms with van der Waals surface area (Å²) in [6, 6.07) is 5.62. The van der Waals surface area contributed by atoms with Gasteiger partial charge in [-0.05, 0) is 12.1 Å². The molecule has 0 amide bonds. The molecule has 4 nitrogen and oxygen atoms in total. The zero-order valence-electron chi connectivity index (χ0n) is 7.98. The number of nitrogens with zero attached hydrogens (tertiary/aromatic N) is 4. The Morgan fingerprint density at radius 1 is 1.53 bits per heavy atom. The topological polar surface area (TPSA) is 54.5 Å². The lowest BCUT2D eigenvalue weighted by Crippen LogP contribution is -1.92. The van der Waals surface area contributed by atoms with Crippen molar-refractivity contribution in [1.29, 1.82) is 5.26 Å². The van der Waals surface area contributed by atoms with E-state index < -0.39 is 0 Å². The number of imidazole rings is 1. The Morgan fingerprint density at radius 3 is 2.87 bits per heavy atom. The minimum absolute atomic E-state index is 0.234. The second-order valence-corrected chi connectivity index (χ2v) is 3.35. The van der Waals surface area contributed by atoms with E-state index in [2.05, 4.69) is 9.97 Å². The van der Waals surface area contributed by atoms with E-state index in [1.165, 1.54) is 0 Å². The highest BCUT2D eigenvalue weighted by Crippen LogP contribution is 2.23. The third-order valence-corrected chi connectivity index (χ3v) is 2.48. The Kier molecular flexibility index (Phi) is 2.40. The molecule has 2 heterocycles. The zero-order chi connectivity index (χ0) is 10.8. The van der Waals surface area contributed by atoms with Crippen LogP contribution in [0.25, 0.3) is 11.4 Å². The van der Waals surface area contributed by atoms with Crippen molar-refractivity contribution in [3.8, 4) is 17.5 Å². The molecule has 74 valence electrons. The van der Waals surface area contributed by atoms with Crippen LogP contribution in [0.4, 0.5) is 0 Å². The first-order chi connectivity index (χ1) is 7.24. The normalized spacial score (nSPS) is 9.93. The van der Waals surface area contributed by atoms with Crippen molar-refractivity contribution in [1.82, 2.24) is 14.5 Å². The van der Waals surface area contributed by atoms with Crippen LogP contribution in [-0.4, -0.2) is 14.5 Å². The number of nitriles is 1. The Morgan fingerprint density at radius 2 is 2.33 bits per heavy atom. The number of hydrogen-bond acceptors (Lipinski definition) is 3. The van der Waals surface area contributed by atoms with Gasteiger partial charge in [-0.3, -0.25) is 4.98 Å². The van der Waals surface area contributed by atoms with Crippen molar-refractivity contribution in [2.24, 2.45) is 7.05 Å². The van der Waals surface area contributed by atoms with Gasteiger partial charge in [0.05, 0.1) is 0 Å². The molecule has 0 aromatic carbocycles. The molecule has 0 saturated heterocycles. The minimum atomic E-state index is 0.234. The van der Waals surface area contributed by atoms with Crippen molar-refractivity contribution in [2.45, 2.75) is 0 Å². The SMILES string of the molecule is Cn1c(-c2cccnc2)nc(C#N)c1Cl. The van der Waals surface area contributed by atoms with Gasteiger partial charge in [0.2, 0.25) is 0 Å². The minimum Gasteiger partial charge on any atom is -0.317 e. The number of pyridine rings is 1. The molecule has 0 saturated carbocycles. The van der Waals surface area contributed by atoms with E-state index in [0.29, 0.717) is 11.0 Å². The number of rotatable bonds is 1. The van der Waals surface area contributed by atoms with E-state index in [1.54, 1.807) is 24.0 Å². The van der Waals surface area contributed by atoms with Crippen molar-refractivity contribution in [3.63, 3.8) is 0 Å². The van der Waals surface area contributed by atoms with E-state index in [4.69, 9.17) is 16.9 Å². The van der Waals surface area contributed by atoms with Crippen molar-refractivity contribution < 1.29 is 0 Å². The van der Waals surface area contributed by atoms with Gasteiger partial charge in [0, 0.05) is 25.0 Å². The monoisotopic (exact) mass is 218 g/mol. The first-order valence-electron chi connectivity index (χ1n) is 4.26. The summed E-state index contributed by atoms with van der Waals surface area (Å²) < 4.78 is 1.66. The molecule has 0 aliphatic rings. The summed E-state index contributed by atoms with van der Waals surface area (Å²) in [6.45, 7) is 0. The van der Waals surface area contributed by atoms with Gasteiger partial charge < -0.3 is 4.57 Å². The highest BCUT2D eigenvalue weighted by Gasteiger charge is 2.13. The Balaban J connectivity index is 2.61. The molecule has 0 spiro atoms. The summed E-state index contributed by atoms with van der Waals surface area (Å²) in [5.41, 5.74) is 1.07. The first-order valence-corrected chi connectivity index (χ1v) is 4.64. The lowest BCUT2D eigenvalue weighted by molar-refractivity contribution is 0.924. The van der Waals surface area contributed by atoms with Crippen LogP contribution in [-0.2, 0) is 7.05 Å². The lowest BCUT2D eigenvalue weighted by atomic mass is 10.3. The standard InChI is InChI=1S/C10H7ClN4/c1-15-9(11)8(5-12)14-10(15)7-3-2-4-13-6-7/h2-4,6H,1H3. The molecule has 0 aliphatic heterocycles. The van der Waals surface area contributed by atoms with Gasteiger partial charge >= 0.3 is 0 Å². The lowest BCUT2D eigenvalue weighted by Gasteiger charge is -2.00. The van der Waals surface area contributed by atoms with E-state index in [1.807, 2.05) is 18.2 Å². The van der Waals surface area contributed by atoms with Crippen LogP contribution in [0.5, 0.6) is 0 Å². The fourth-order valence-electron chi connectivity index (χ4n) is 1.30. The van der Waals surface area contributed by atoms with Gasteiger partial charge in [0.1, 0.15) is 17.0 Å². The van der Waals surface area contributed by atoms with Crippen LogP contribution in [0.15, 0.2) is 24.5 Å².